The Kier molecular flexibility index (Phi) is 4.40. The van der Waals surface area contributed by atoms with Crippen LogP contribution in [0.3, 0.4) is 0 Å². The third-order valence-corrected chi connectivity index (χ3v) is 5.06. The van der Waals surface area contributed by atoms with E-state index in [9.17, 15) is 13.2 Å². The SMILES string of the molecule is COc1cc(Cl)cc2c1NC(Nc1ccc(C(C)=O)cc1)=NS2(=O)=O. The molecule has 2 aromatic rings. The Balaban J connectivity index is 1.95. The summed E-state index contributed by atoms with van der Waals surface area (Å²) in [4.78, 5) is 11.2. The van der Waals surface area contributed by atoms with E-state index < -0.39 is 10.0 Å². The quantitative estimate of drug-likeness (QED) is 0.795. The number of benzene rings is 2. The molecule has 1 aliphatic heterocycles. The number of nitrogens with zero attached hydrogens (tertiary/aromatic N) is 1. The van der Waals surface area contributed by atoms with E-state index in [1.165, 1.54) is 26.2 Å². The average molecular weight is 380 g/mol. The van der Waals surface area contributed by atoms with Crippen LogP contribution < -0.4 is 15.4 Å². The van der Waals surface area contributed by atoms with Crippen molar-refractivity contribution in [3.8, 4) is 5.75 Å². The number of halogens is 1. The molecule has 0 radical (unpaired) electrons. The van der Waals surface area contributed by atoms with E-state index in [2.05, 4.69) is 15.0 Å². The maximum atomic E-state index is 12.4. The Morgan fingerprint density at radius 1 is 1.24 bits per heavy atom. The van der Waals surface area contributed by atoms with E-state index in [4.69, 9.17) is 16.3 Å². The van der Waals surface area contributed by atoms with Gasteiger partial charge in [-0.1, -0.05) is 11.6 Å². The lowest BCUT2D eigenvalue weighted by Gasteiger charge is -2.21. The zero-order chi connectivity index (χ0) is 18.2. The Hall–Kier alpha value is -2.58. The molecule has 7 nitrogen and oxygen atoms in total. The summed E-state index contributed by atoms with van der Waals surface area (Å²) >= 11 is 5.93. The second kappa shape index (κ2) is 6.38. The first-order chi connectivity index (χ1) is 11.8. The molecule has 0 bridgehead atoms. The Morgan fingerprint density at radius 2 is 1.92 bits per heavy atom. The van der Waals surface area contributed by atoms with Crippen molar-refractivity contribution in [2.24, 2.45) is 4.40 Å². The first kappa shape index (κ1) is 17.2. The van der Waals surface area contributed by atoms with E-state index in [0.29, 0.717) is 11.3 Å². The zero-order valence-corrected chi connectivity index (χ0v) is 14.9. The summed E-state index contributed by atoms with van der Waals surface area (Å²) in [5, 5.41) is 5.99. The molecule has 3 rings (SSSR count). The predicted molar refractivity (Wildman–Crippen MR) is 96.3 cm³/mol. The first-order valence-corrected chi connectivity index (χ1v) is 8.99. The number of fused-ring (bicyclic) bond motifs is 1. The van der Waals surface area contributed by atoms with Gasteiger partial charge in [0.25, 0.3) is 10.0 Å². The smallest absolute Gasteiger partial charge is 0.287 e. The fraction of sp³-hybridized carbons (Fsp3) is 0.125. The number of rotatable bonds is 3. The minimum atomic E-state index is -3.94. The van der Waals surface area contributed by atoms with Crippen LogP contribution in [0, 0.1) is 0 Å². The number of hydrogen-bond acceptors (Lipinski definition) is 6. The first-order valence-electron chi connectivity index (χ1n) is 7.18. The molecule has 0 aromatic heterocycles. The molecule has 2 aromatic carbocycles. The molecule has 1 aliphatic rings. The largest absolute Gasteiger partial charge is 0.494 e. The maximum Gasteiger partial charge on any atom is 0.287 e. The summed E-state index contributed by atoms with van der Waals surface area (Å²) in [7, 11) is -2.53. The van der Waals surface area contributed by atoms with Gasteiger partial charge < -0.3 is 15.4 Å². The van der Waals surface area contributed by atoms with Gasteiger partial charge in [0.2, 0.25) is 5.96 Å². The molecule has 0 aliphatic carbocycles. The summed E-state index contributed by atoms with van der Waals surface area (Å²) in [5.74, 6) is 0.244. The van der Waals surface area contributed by atoms with Gasteiger partial charge in [0.15, 0.2) is 5.78 Å². The second-order valence-corrected chi connectivity index (χ2v) is 7.29. The number of ketones is 1. The van der Waals surface area contributed by atoms with Gasteiger partial charge in [-0.25, -0.2) is 0 Å². The van der Waals surface area contributed by atoms with Crippen molar-refractivity contribution in [2.75, 3.05) is 17.7 Å². The van der Waals surface area contributed by atoms with Gasteiger partial charge in [-0.2, -0.15) is 8.42 Å². The van der Waals surface area contributed by atoms with Crippen LogP contribution in [0.1, 0.15) is 17.3 Å². The van der Waals surface area contributed by atoms with Crippen LogP contribution in [0.15, 0.2) is 45.7 Å². The van der Waals surface area contributed by atoms with Crippen molar-refractivity contribution in [1.82, 2.24) is 0 Å². The number of carbonyl (C=O) groups excluding carboxylic acids is 1. The lowest BCUT2D eigenvalue weighted by molar-refractivity contribution is 0.101. The standard InChI is InChI=1S/C16H14ClN3O4S/c1-9(21)10-3-5-12(6-4-10)18-16-19-15-13(24-2)7-11(17)8-14(15)25(22,23)20-16/h3-8H,1-2H3,(H2,18,19,20). The highest BCUT2D eigenvalue weighted by Crippen LogP contribution is 2.38. The van der Waals surface area contributed by atoms with E-state index in [0.717, 1.165) is 0 Å². The highest BCUT2D eigenvalue weighted by molar-refractivity contribution is 7.90. The van der Waals surface area contributed by atoms with Gasteiger partial charge in [-0.3, -0.25) is 4.79 Å². The summed E-state index contributed by atoms with van der Waals surface area (Å²) in [6.45, 7) is 1.47. The fourth-order valence-corrected chi connectivity index (χ4v) is 3.72. The number of methoxy groups -OCH3 is 1. The minimum Gasteiger partial charge on any atom is -0.494 e. The molecule has 0 unspecified atom stereocenters. The van der Waals surface area contributed by atoms with E-state index in [1.54, 1.807) is 24.3 Å². The summed E-state index contributed by atoms with van der Waals surface area (Å²) in [6.07, 6.45) is 0. The van der Waals surface area contributed by atoms with Crippen molar-refractivity contribution in [3.63, 3.8) is 0 Å². The average Bonchev–Trinajstić information content (AvgIpc) is 2.55. The van der Waals surface area contributed by atoms with Crippen LogP contribution in [0.2, 0.25) is 5.02 Å². The Labute approximate surface area is 149 Å². The summed E-state index contributed by atoms with van der Waals surface area (Å²) in [6, 6.07) is 9.40. The van der Waals surface area contributed by atoms with E-state index in [1.807, 2.05) is 0 Å². The molecule has 0 atom stereocenters. The van der Waals surface area contributed by atoms with E-state index in [-0.39, 0.29) is 33.1 Å². The van der Waals surface area contributed by atoms with Crippen LogP contribution in [0.4, 0.5) is 11.4 Å². The van der Waals surface area contributed by atoms with Crippen LogP contribution in [0.5, 0.6) is 5.75 Å². The number of ether oxygens (including phenoxy) is 1. The molecule has 25 heavy (non-hydrogen) atoms. The Morgan fingerprint density at radius 3 is 2.52 bits per heavy atom. The minimum absolute atomic E-state index is 0.0173. The molecule has 1 heterocycles. The van der Waals surface area contributed by atoms with Crippen molar-refractivity contribution in [2.45, 2.75) is 11.8 Å². The van der Waals surface area contributed by atoms with E-state index >= 15 is 0 Å². The number of nitrogens with one attached hydrogen (secondary N) is 2. The summed E-state index contributed by atoms with van der Waals surface area (Å²) < 4.78 is 33.7. The predicted octanol–water partition coefficient (Wildman–Crippen LogP) is 3.13. The number of sulfonamides is 1. The molecule has 0 fully saturated rings. The molecule has 9 heteroatoms. The highest BCUT2D eigenvalue weighted by atomic mass is 35.5. The van der Waals surface area contributed by atoms with Crippen molar-refractivity contribution >= 4 is 44.7 Å². The van der Waals surface area contributed by atoms with Crippen LogP contribution in [0.25, 0.3) is 0 Å². The number of Topliss-reactive ketones (excluding diaryl/α,β-unsaturated/α-hetero) is 1. The second-order valence-electron chi connectivity index (χ2n) is 5.28. The molecular weight excluding hydrogens is 366 g/mol. The van der Waals surface area contributed by atoms with Gasteiger partial charge in [0.1, 0.15) is 16.3 Å². The normalized spacial score (nSPS) is 14.8. The lowest BCUT2D eigenvalue weighted by Crippen LogP contribution is -2.28. The molecule has 0 spiro atoms. The van der Waals surface area contributed by atoms with Crippen molar-refractivity contribution < 1.29 is 17.9 Å². The fourth-order valence-electron chi connectivity index (χ4n) is 2.34. The highest BCUT2D eigenvalue weighted by Gasteiger charge is 2.28. The number of carbonyl (C=O) groups is 1. The maximum absolute atomic E-state index is 12.4. The molecule has 130 valence electrons. The Bertz CT molecular complexity index is 985. The van der Waals surface area contributed by atoms with Gasteiger partial charge in [0.05, 0.1) is 7.11 Å². The molecule has 0 saturated heterocycles. The van der Waals surface area contributed by atoms with Crippen LogP contribution in [-0.4, -0.2) is 27.3 Å². The lowest BCUT2D eigenvalue weighted by atomic mass is 10.1. The topological polar surface area (TPSA) is 96.9 Å². The zero-order valence-electron chi connectivity index (χ0n) is 13.3. The number of guanidine groups is 1. The molecule has 2 N–H and O–H groups in total. The van der Waals surface area contributed by atoms with Gasteiger partial charge in [-0.15, -0.1) is 4.40 Å². The van der Waals surface area contributed by atoms with Crippen molar-refractivity contribution in [1.29, 1.82) is 0 Å². The molecular formula is C16H14ClN3O4S. The third kappa shape index (κ3) is 3.45. The monoisotopic (exact) mass is 379 g/mol. The van der Waals surface area contributed by atoms with Crippen molar-refractivity contribution in [3.05, 3.63) is 47.0 Å². The van der Waals surface area contributed by atoms with Crippen LogP contribution in [-0.2, 0) is 10.0 Å². The summed E-state index contributed by atoms with van der Waals surface area (Å²) in [5.41, 5.74) is 1.38. The van der Waals surface area contributed by atoms with Crippen LogP contribution >= 0.6 is 11.6 Å². The molecule has 0 saturated carbocycles. The van der Waals surface area contributed by atoms with Gasteiger partial charge in [0, 0.05) is 22.3 Å². The number of anilines is 2. The number of hydrogen-bond donors (Lipinski definition) is 2. The van der Waals surface area contributed by atoms with Gasteiger partial charge in [-0.05, 0) is 37.3 Å². The molecule has 0 amide bonds. The third-order valence-electron chi connectivity index (χ3n) is 3.54. The van der Waals surface area contributed by atoms with Gasteiger partial charge >= 0.3 is 0 Å².